The van der Waals surface area contributed by atoms with Crippen LogP contribution in [0.2, 0.25) is 35.2 Å². The number of carboxylic acids is 3. The molecule has 602 valence electrons. The number of hydrogen-bond donors (Lipinski definition) is 8. The molecule has 0 bridgehead atoms. The molecule has 10 N–H and O–H groups in total. The number of amides is 2. The van der Waals surface area contributed by atoms with Crippen LogP contribution in [-0.2, 0) is 14.3 Å². The van der Waals surface area contributed by atoms with E-state index in [0.717, 1.165) is 6.08 Å². The number of para-hydroxylation sites is 3. The summed E-state index contributed by atoms with van der Waals surface area (Å²) >= 11 is 46.6. The number of nitrogens with one attached hydrogen (secondary N) is 3. The van der Waals surface area contributed by atoms with Crippen molar-refractivity contribution in [1.29, 1.82) is 0 Å². The first kappa shape index (κ1) is 95.7. The highest BCUT2D eigenvalue weighted by atomic mass is 35.5. The van der Waals surface area contributed by atoms with E-state index in [1.54, 1.807) is 103 Å². The summed E-state index contributed by atoms with van der Waals surface area (Å²) < 4.78 is 23.8. The van der Waals surface area contributed by atoms with E-state index in [2.05, 4.69) is 70.7 Å². The van der Waals surface area contributed by atoms with Gasteiger partial charge in [0.25, 0.3) is 11.8 Å². The van der Waals surface area contributed by atoms with Crippen LogP contribution in [0.5, 0.6) is 23.5 Å². The molecule has 0 aliphatic heterocycles. The predicted molar refractivity (Wildman–Crippen MR) is 441 cm³/mol. The van der Waals surface area contributed by atoms with Crippen molar-refractivity contribution in [3.05, 3.63) is 312 Å². The molecular formula is C77H67Cl8N15O16. The number of esters is 1. The zero-order valence-corrected chi connectivity index (χ0v) is 67.2. The number of rotatable bonds is 20. The van der Waals surface area contributed by atoms with Gasteiger partial charge in [0.2, 0.25) is 23.5 Å². The number of anilines is 1. The molecule has 0 saturated carbocycles. The second-order valence-electron chi connectivity index (χ2n) is 21.2. The topological polar surface area (TPSA) is 459 Å². The lowest BCUT2D eigenvalue weighted by atomic mass is 10.2. The smallest absolute Gasteiger partial charge is 0.354 e. The number of carboxylic acid groups (broad SMARTS) is 3. The molecule has 3 aromatic carbocycles. The Morgan fingerprint density at radius 2 is 0.845 bits per heavy atom. The highest BCUT2D eigenvalue weighted by Gasteiger charge is 2.13. The largest absolute Gasteiger partial charge is 0.481 e. The summed E-state index contributed by atoms with van der Waals surface area (Å²) in [7, 11) is 7.18. The van der Waals surface area contributed by atoms with E-state index < -0.39 is 35.6 Å². The van der Waals surface area contributed by atoms with Gasteiger partial charge in [0.1, 0.15) is 22.8 Å². The summed E-state index contributed by atoms with van der Waals surface area (Å²) in [5, 5.41) is 34.1. The number of halogens is 8. The minimum absolute atomic E-state index is 0.00407. The normalized spacial score (nSPS) is 10.2. The molecule has 0 radical (unpaired) electrons. The van der Waals surface area contributed by atoms with Gasteiger partial charge in [-0.1, -0.05) is 129 Å². The number of pyridine rings is 8. The lowest BCUT2D eigenvalue weighted by molar-refractivity contribution is -0.131. The average molecular weight is 1740 g/mol. The number of nitrogens with zero attached hydrogens (tertiary/aromatic N) is 10. The first-order chi connectivity index (χ1) is 55.5. The highest BCUT2D eigenvalue weighted by molar-refractivity contribution is 6.69. The Bertz CT molecular complexity index is 5100. The van der Waals surface area contributed by atoms with Gasteiger partial charge in [-0.25, -0.2) is 64.9 Å². The fourth-order valence-electron chi connectivity index (χ4n) is 7.69. The Hall–Kier alpha value is -12.7. The van der Waals surface area contributed by atoms with Gasteiger partial charge in [0.05, 0.1) is 112 Å². The van der Waals surface area contributed by atoms with Gasteiger partial charge in [-0.3, -0.25) is 29.1 Å². The van der Waals surface area contributed by atoms with Gasteiger partial charge >= 0.3 is 23.9 Å². The monoisotopic (exact) mass is 1740 g/mol. The number of nitrogens with two attached hydrogens (primary N) is 2. The number of amidine groups is 1. The van der Waals surface area contributed by atoms with Crippen molar-refractivity contribution in [2.75, 3.05) is 54.0 Å². The maximum Gasteiger partial charge on any atom is 0.354 e. The Morgan fingerprint density at radius 3 is 1.27 bits per heavy atom. The van der Waals surface area contributed by atoms with E-state index in [-0.39, 0.29) is 52.8 Å². The van der Waals surface area contributed by atoms with Crippen molar-refractivity contribution in [2.45, 2.75) is 0 Å². The number of aromatic carboxylic acids is 2. The van der Waals surface area contributed by atoms with Crippen LogP contribution in [0, 0.1) is 0 Å². The summed E-state index contributed by atoms with van der Waals surface area (Å²) in [6.45, 7) is -0.277. The Morgan fingerprint density at radius 1 is 0.440 bits per heavy atom. The van der Waals surface area contributed by atoms with E-state index in [1.807, 2.05) is 24.3 Å². The van der Waals surface area contributed by atoms with Crippen LogP contribution >= 0.6 is 92.8 Å². The average Bonchev–Trinajstić information content (AvgIpc) is 1.36. The SMILES string of the molecule is COC(=O)c1ccnc(OC)c1.COc1cc(C(=O)CN)ccn1.COc1cc(C(=O)NCC(=O)/C=C\C(=O)O)ccn1.COc1cc(C(=O)O)ccn1.ClC(=Nc1ccccc1Cl)c1ccc(Cl)cn1.NNC(=Nc1ccccc1Cl)c1ccc(Cl)cn1.O=C(Nc1ccccc1Cl)c1ccc(Cl)cn1.O=C(O)c1ccc(Cl)cn1. The molecule has 0 saturated heterocycles. The van der Waals surface area contributed by atoms with Crippen molar-refractivity contribution in [2.24, 2.45) is 21.6 Å². The number of aromatic nitrogens is 8. The maximum absolute atomic E-state index is 11.8. The van der Waals surface area contributed by atoms with Crippen LogP contribution in [0.3, 0.4) is 0 Å². The van der Waals surface area contributed by atoms with Gasteiger partial charge in [-0.15, -0.1) is 0 Å². The number of aliphatic carboxylic acids is 1. The summed E-state index contributed by atoms with van der Waals surface area (Å²) in [4.78, 5) is 127. The molecule has 0 unspecified atom stereocenters. The van der Waals surface area contributed by atoms with Gasteiger partial charge in [-0.05, 0) is 115 Å². The molecule has 11 aromatic rings. The number of ketones is 2. The number of methoxy groups -OCH3 is 5. The van der Waals surface area contributed by atoms with Crippen LogP contribution in [-0.4, -0.2) is 162 Å². The number of aliphatic imine (C=N–C) groups is 2. The number of hydrogen-bond acceptors (Lipinski definition) is 25. The third-order valence-electron chi connectivity index (χ3n) is 13.3. The Balaban J connectivity index is 0.000000282. The molecule has 2 amide bonds. The molecular weight excluding hydrogens is 1670 g/mol. The fraction of sp³-hybridized carbons (Fsp3) is 0.0909. The fourth-order valence-corrected chi connectivity index (χ4v) is 8.88. The lowest BCUT2D eigenvalue weighted by Gasteiger charge is -2.06. The Labute approximate surface area is 702 Å². The molecule has 11 rings (SSSR count). The summed E-state index contributed by atoms with van der Waals surface area (Å²) in [5.41, 5.74) is 12.3. The van der Waals surface area contributed by atoms with Gasteiger partial charge < -0.3 is 60.8 Å². The molecule has 0 aliphatic carbocycles. The third-order valence-corrected chi connectivity index (χ3v) is 15.4. The molecule has 0 spiro atoms. The van der Waals surface area contributed by atoms with Gasteiger partial charge in [0, 0.05) is 91.0 Å². The molecule has 116 heavy (non-hydrogen) atoms. The van der Waals surface area contributed by atoms with Crippen LogP contribution in [0.15, 0.2) is 242 Å². The second-order valence-corrected chi connectivity index (χ2v) is 24.5. The molecule has 31 nitrogen and oxygen atoms in total. The number of benzene rings is 3. The van der Waals surface area contributed by atoms with Crippen LogP contribution in [0.1, 0.15) is 73.8 Å². The minimum atomic E-state index is -1.22. The number of carbonyl (C=O) groups is 8. The van der Waals surface area contributed by atoms with Crippen molar-refractivity contribution in [3.63, 3.8) is 0 Å². The minimum Gasteiger partial charge on any atom is -0.481 e. The highest BCUT2D eigenvalue weighted by Crippen LogP contribution is 2.27. The summed E-state index contributed by atoms with van der Waals surface area (Å²) in [6, 6.07) is 46.2. The number of Topliss-reactive ketones (excluding diaryl/α,β-unsaturated/α-hetero) is 1. The maximum atomic E-state index is 11.8. The van der Waals surface area contributed by atoms with Crippen molar-refractivity contribution < 1.29 is 77.4 Å². The standard InChI is InChI=1S/C12H7Cl3N2.C12H10Cl2N4.C12H8Cl2N2O.C12H12N2O5.C8H10N2O2.C8H9NO3.C7H7NO3.C6H4ClNO2/c13-8-5-6-11(16-7-8)12(15)17-10-4-2-1-3-9(10)14;13-8-5-6-11(16-7-8)12(18-15)17-10-4-2-1-3-9(10)14;13-8-5-6-11(15-7-8)12(17)16-10-4-2-1-3-9(10)14;1-19-10-6-8(4-5-13-10)12(18)14-7-9(15)2-3-11(16)17;1-12-8-4-6(2-3-10-8)7(11)5-9;1-11-7-5-6(3-4-9-7)8(10)12-2;1-11-6-4-5(7(9)10)2-3-8-6;7-4-1-2-5(6(9)10)8-3-4/h1-7H;1-7H,15H2,(H,17,18);1-7H,(H,16,17);2-6H,7H2,1H3,(H,14,18)(H,16,17);2-4H,5,9H2,1H3;3-5H,1-2H3;2-4H,1H3,(H,9,10);1-3H,(H,9,10)/b;;;3-2-;;;;. The van der Waals surface area contributed by atoms with Crippen molar-refractivity contribution in [1.82, 2.24) is 50.6 Å². The molecule has 0 fully saturated rings. The van der Waals surface area contributed by atoms with Gasteiger partial charge in [-0.2, -0.15) is 0 Å². The number of hydrazine groups is 1. The summed E-state index contributed by atoms with van der Waals surface area (Å²) in [5.74, 6) is 2.21. The molecule has 0 aliphatic rings. The number of carbonyl (C=O) groups excluding carboxylic acids is 5. The second kappa shape index (κ2) is 52.6. The lowest BCUT2D eigenvalue weighted by Crippen LogP contribution is -2.31. The van der Waals surface area contributed by atoms with Crippen LogP contribution in [0.25, 0.3) is 0 Å². The van der Waals surface area contributed by atoms with Crippen LogP contribution < -0.4 is 46.6 Å². The first-order valence-corrected chi connectivity index (χ1v) is 35.4. The van der Waals surface area contributed by atoms with E-state index >= 15 is 0 Å². The van der Waals surface area contributed by atoms with Gasteiger partial charge in [0.15, 0.2) is 22.6 Å². The quantitative estimate of drug-likeness (QED) is 0.00668. The van der Waals surface area contributed by atoms with E-state index in [0.29, 0.717) is 110 Å². The zero-order chi connectivity index (χ0) is 85.5. The Kier molecular flexibility index (Phi) is 43.4. The zero-order valence-electron chi connectivity index (χ0n) is 61.2. The molecule has 8 heterocycles. The van der Waals surface area contributed by atoms with Crippen molar-refractivity contribution in [3.8, 4) is 23.5 Å². The predicted octanol–water partition coefficient (Wildman–Crippen LogP) is 14.6. The van der Waals surface area contributed by atoms with E-state index in [4.69, 9.17) is 139 Å². The van der Waals surface area contributed by atoms with Crippen molar-refractivity contribution >= 4 is 168 Å². The molecule has 0 atom stereocenters. The molecule has 39 heteroatoms. The molecule has 8 aromatic heterocycles. The first-order valence-electron chi connectivity index (χ1n) is 32.4. The number of ether oxygens (including phenoxy) is 5. The van der Waals surface area contributed by atoms with E-state index in [9.17, 15) is 38.4 Å². The third kappa shape index (κ3) is 36.0. The summed E-state index contributed by atoms with van der Waals surface area (Å²) in [6.07, 6.45) is 13.2. The van der Waals surface area contributed by atoms with E-state index in [1.165, 1.54) is 128 Å². The van der Waals surface area contributed by atoms with Crippen LogP contribution in [0.4, 0.5) is 17.1 Å².